The molecule has 0 aliphatic carbocycles. The number of para-hydroxylation sites is 1. The van der Waals surface area contributed by atoms with Crippen molar-refractivity contribution >= 4 is 44.9 Å². The molecule has 2 aromatic rings. The predicted molar refractivity (Wildman–Crippen MR) is 94.7 cm³/mol. The van der Waals surface area contributed by atoms with Crippen LogP contribution in [-0.2, 0) is 10.0 Å². The molecule has 0 radical (unpaired) electrons. The van der Waals surface area contributed by atoms with Crippen molar-refractivity contribution in [3.8, 4) is 0 Å². The van der Waals surface area contributed by atoms with E-state index in [1.54, 1.807) is 13.0 Å². The lowest BCUT2D eigenvalue weighted by Crippen LogP contribution is -2.33. The van der Waals surface area contributed by atoms with Gasteiger partial charge >= 0.3 is 5.97 Å². The first-order valence-electron chi connectivity index (χ1n) is 7.09. The molecule has 0 atom stereocenters. The largest absolute Gasteiger partial charge is 0.478 e. The Morgan fingerprint density at radius 1 is 1.17 bits per heavy atom. The summed E-state index contributed by atoms with van der Waals surface area (Å²) >= 11 is 11.9. The van der Waals surface area contributed by atoms with E-state index >= 15 is 0 Å². The van der Waals surface area contributed by atoms with Gasteiger partial charge < -0.3 is 5.11 Å². The first-order valence-corrected chi connectivity index (χ1v) is 9.28. The van der Waals surface area contributed by atoms with Gasteiger partial charge in [-0.2, -0.15) is 0 Å². The number of benzene rings is 2. The van der Waals surface area contributed by atoms with Crippen LogP contribution in [0.1, 0.15) is 23.7 Å². The van der Waals surface area contributed by atoms with Crippen LogP contribution in [0.4, 0.5) is 5.69 Å². The number of carboxylic acid groups (broad SMARTS) is 1. The van der Waals surface area contributed by atoms with Gasteiger partial charge in [-0.25, -0.2) is 13.2 Å². The number of halogens is 2. The van der Waals surface area contributed by atoms with Gasteiger partial charge in [0, 0.05) is 11.6 Å². The molecule has 1 N–H and O–H groups in total. The number of carbonyl (C=O) groups is 1. The Labute approximate surface area is 150 Å². The van der Waals surface area contributed by atoms with Crippen LogP contribution < -0.4 is 4.31 Å². The zero-order valence-corrected chi connectivity index (χ0v) is 15.1. The van der Waals surface area contributed by atoms with Crippen LogP contribution in [0.5, 0.6) is 0 Å². The Morgan fingerprint density at radius 2 is 1.83 bits per heavy atom. The third kappa shape index (κ3) is 3.66. The molecule has 2 rings (SSSR count). The van der Waals surface area contributed by atoms with E-state index in [0.29, 0.717) is 6.42 Å². The van der Waals surface area contributed by atoms with Crippen LogP contribution in [0.3, 0.4) is 0 Å². The quantitative estimate of drug-likeness (QED) is 0.801. The minimum Gasteiger partial charge on any atom is -0.478 e. The summed E-state index contributed by atoms with van der Waals surface area (Å²) in [5.41, 5.74) is -0.0180. The van der Waals surface area contributed by atoms with Crippen molar-refractivity contribution in [1.82, 2.24) is 0 Å². The van der Waals surface area contributed by atoms with Crippen molar-refractivity contribution < 1.29 is 18.3 Å². The summed E-state index contributed by atoms with van der Waals surface area (Å²) in [5.74, 6) is -1.21. The summed E-state index contributed by atoms with van der Waals surface area (Å²) in [4.78, 5) is 11.3. The van der Waals surface area contributed by atoms with Crippen LogP contribution in [0, 0.1) is 0 Å². The number of hydrogen-bond acceptors (Lipinski definition) is 3. The molecule has 0 fully saturated rings. The monoisotopic (exact) mass is 387 g/mol. The second-order valence-electron chi connectivity index (χ2n) is 4.97. The lowest BCUT2D eigenvalue weighted by molar-refractivity contribution is 0.0697. The number of carboxylic acids is 1. The second-order valence-corrected chi connectivity index (χ2v) is 7.65. The van der Waals surface area contributed by atoms with Crippen LogP contribution in [-0.4, -0.2) is 26.0 Å². The van der Waals surface area contributed by atoms with Gasteiger partial charge in [-0.15, -0.1) is 0 Å². The van der Waals surface area contributed by atoms with E-state index in [9.17, 15) is 18.3 Å². The molecule has 24 heavy (non-hydrogen) atoms. The molecule has 0 amide bonds. The van der Waals surface area contributed by atoms with Gasteiger partial charge in [-0.3, -0.25) is 4.31 Å². The SMILES string of the molecule is CCCN(c1ccccc1C(=O)O)S(=O)(=O)c1cc(Cl)ccc1Cl. The Morgan fingerprint density at radius 3 is 2.46 bits per heavy atom. The molecule has 0 spiro atoms. The number of nitrogens with zero attached hydrogens (tertiary/aromatic N) is 1. The minimum absolute atomic E-state index is 0.0216. The van der Waals surface area contributed by atoms with E-state index in [2.05, 4.69) is 0 Å². The van der Waals surface area contributed by atoms with Gasteiger partial charge in [0.25, 0.3) is 10.0 Å². The van der Waals surface area contributed by atoms with E-state index < -0.39 is 16.0 Å². The fraction of sp³-hybridized carbons (Fsp3) is 0.188. The lowest BCUT2D eigenvalue weighted by atomic mass is 10.2. The molecule has 128 valence electrons. The molecule has 8 heteroatoms. The third-order valence-electron chi connectivity index (χ3n) is 3.29. The van der Waals surface area contributed by atoms with Gasteiger partial charge in [0.1, 0.15) is 4.90 Å². The summed E-state index contributed by atoms with van der Waals surface area (Å²) in [7, 11) is -4.07. The Balaban J connectivity index is 2.67. The molecular formula is C16H15Cl2NO4S. The third-order valence-corrected chi connectivity index (χ3v) is 5.82. The summed E-state index contributed by atoms with van der Waals surface area (Å²) < 4.78 is 27.2. The molecule has 0 aliphatic rings. The average molecular weight is 388 g/mol. The van der Waals surface area contributed by atoms with Crippen LogP contribution >= 0.6 is 23.2 Å². The van der Waals surface area contributed by atoms with Crippen LogP contribution in [0.25, 0.3) is 0 Å². The van der Waals surface area contributed by atoms with Gasteiger partial charge in [0.15, 0.2) is 0 Å². The molecule has 0 saturated carbocycles. The summed E-state index contributed by atoms with van der Waals surface area (Å²) in [6.45, 7) is 1.90. The highest BCUT2D eigenvalue weighted by Gasteiger charge is 2.29. The van der Waals surface area contributed by atoms with Gasteiger partial charge in [0.05, 0.1) is 16.3 Å². The Bertz CT molecular complexity index is 868. The van der Waals surface area contributed by atoms with E-state index in [4.69, 9.17) is 23.2 Å². The fourth-order valence-corrected chi connectivity index (χ4v) is 4.55. The van der Waals surface area contributed by atoms with Crippen LogP contribution in [0.2, 0.25) is 10.0 Å². The molecule has 0 unspecified atom stereocenters. The topological polar surface area (TPSA) is 74.7 Å². The minimum atomic E-state index is -4.07. The Kier molecular flexibility index (Phi) is 5.74. The normalized spacial score (nSPS) is 11.3. The van der Waals surface area contributed by atoms with Crippen molar-refractivity contribution in [2.75, 3.05) is 10.8 Å². The van der Waals surface area contributed by atoms with Gasteiger partial charge in [-0.05, 0) is 36.8 Å². The highest BCUT2D eigenvalue weighted by atomic mass is 35.5. The van der Waals surface area contributed by atoms with Crippen molar-refractivity contribution in [3.63, 3.8) is 0 Å². The molecule has 0 heterocycles. The predicted octanol–water partition coefficient (Wildman–Crippen LogP) is 4.30. The lowest BCUT2D eigenvalue weighted by Gasteiger charge is -2.26. The zero-order valence-electron chi connectivity index (χ0n) is 12.7. The smallest absolute Gasteiger partial charge is 0.337 e. The van der Waals surface area contributed by atoms with E-state index in [1.165, 1.54) is 36.4 Å². The van der Waals surface area contributed by atoms with Crippen molar-refractivity contribution in [3.05, 3.63) is 58.1 Å². The van der Waals surface area contributed by atoms with Gasteiger partial charge in [-0.1, -0.05) is 42.3 Å². The number of anilines is 1. The number of aromatic carboxylic acids is 1. The highest BCUT2D eigenvalue weighted by Crippen LogP contribution is 2.32. The standard InChI is InChI=1S/C16H15Cl2NO4S/c1-2-9-19(14-6-4-3-5-12(14)16(20)21)24(22,23)15-10-11(17)7-8-13(15)18/h3-8,10H,2,9H2,1H3,(H,20,21). The molecule has 0 aliphatic heterocycles. The fourth-order valence-electron chi connectivity index (χ4n) is 2.24. The molecule has 0 aromatic heterocycles. The molecule has 2 aromatic carbocycles. The second kappa shape index (κ2) is 7.42. The maximum absolute atomic E-state index is 13.1. The van der Waals surface area contributed by atoms with Gasteiger partial charge in [0.2, 0.25) is 0 Å². The molecule has 0 bridgehead atoms. The average Bonchev–Trinajstić information content (AvgIpc) is 2.54. The Hall–Kier alpha value is -1.76. The maximum atomic E-state index is 13.1. The maximum Gasteiger partial charge on any atom is 0.337 e. The number of sulfonamides is 1. The zero-order chi connectivity index (χ0) is 17.9. The van der Waals surface area contributed by atoms with E-state index in [1.807, 2.05) is 0 Å². The first-order chi connectivity index (χ1) is 11.3. The first kappa shape index (κ1) is 18.6. The summed E-state index contributed by atoms with van der Waals surface area (Å²) in [5, 5.41) is 9.59. The van der Waals surface area contributed by atoms with Crippen LogP contribution in [0.15, 0.2) is 47.4 Å². The van der Waals surface area contributed by atoms with Crippen molar-refractivity contribution in [1.29, 1.82) is 0 Å². The van der Waals surface area contributed by atoms with E-state index in [-0.39, 0.29) is 32.7 Å². The summed E-state index contributed by atoms with van der Waals surface area (Å²) in [6.07, 6.45) is 0.491. The van der Waals surface area contributed by atoms with Crippen molar-refractivity contribution in [2.24, 2.45) is 0 Å². The number of rotatable bonds is 6. The number of hydrogen-bond donors (Lipinski definition) is 1. The summed E-state index contributed by atoms with van der Waals surface area (Å²) in [6, 6.07) is 10.1. The highest BCUT2D eigenvalue weighted by molar-refractivity contribution is 7.93. The molecule has 5 nitrogen and oxygen atoms in total. The van der Waals surface area contributed by atoms with Crippen molar-refractivity contribution in [2.45, 2.75) is 18.2 Å². The van der Waals surface area contributed by atoms with E-state index in [0.717, 1.165) is 4.31 Å². The molecule has 0 saturated heterocycles. The molecular weight excluding hydrogens is 373 g/mol.